The zero-order valence-electron chi connectivity index (χ0n) is 14.2. The van der Waals surface area contributed by atoms with E-state index in [9.17, 15) is 0 Å². The first-order valence-electron chi connectivity index (χ1n) is 6.72. The maximum Gasteiger partial charge on any atom is 0.255 e. The van der Waals surface area contributed by atoms with Crippen molar-refractivity contribution >= 4 is 35.2 Å². The topological polar surface area (TPSA) is 27.7 Å². The van der Waals surface area contributed by atoms with Crippen molar-refractivity contribution in [2.45, 2.75) is 64.3 Å². The fourth-order valence-corrected chi connectivity index (χ4v) is 8.25. The molecule has 0 fully saturated rings. The molecule has 112 valence electrons. The summed E-state index contributed by atoms with van der Waals surface area (Å²) >= 11 is 0. The summed E-state index contributed by atoms with van der Waals surface area (Å²) in [5.41, 5.74) is -0.714. The van der Waals surface area contributed by atoms with Gasteiger partial charge in [0.2, 0.25) is 0 Å². The Morgan fingerprint density at radius 1 is 0.737 bits per heavy atom. The van der Waals surface area contributed by atoms with Gasteiger partial charge in [-0.05, 0) is 64.8 Å². The molecule has 0 aliphatic heterocycles. The van der Waals surface area contributed by atoms with Gasteiger partial charge in [0.1, 0.15) is 0 Å². The van der Waals surface area contributed by atoms with Crippen molar-refractivity contribution in [1.29, 1.82) is 0 Å². The van der Waals surface area contributed by atoms with Crippen LogP contribution in [0.1, 0.15) is 0 Å². The molecule has 19 heavy (non-hydrogen) atoms. The van der Waals surface area contributed by atoms with Crippen LogP contribution in [0.4, 0.5) is 0 Å². The Morgan fingerprint density at radius 3 is 1.37 bits per heavy atom. The maximum atomic E-state index is 6.19. The minimum atomic E-state index is -1.70. The summed E-state index contributed by atoms with van der Waals surface area (Å²) < 4.78 is 18.0. The lowest BCUT2D eigenvalue weighted by molar-refractivity contribution is -0.000586. The average molecular weight is 335 g/mol. The predicted molar refractivity (Wildman–Crippen MR) is 93.7 cm³/mol. The Morgan fingerprint density at radius 2 is 1.11 bits per heavy atom. The van der Waals surface area contributed by atoms with E-state index in [4.69, 9.17) is 13.3 Å². The molecule has 0 atom stereocenters. The van der Waals surface area contributed by atoms with Gasteiger partial charge >= 0.3 is 0 Å². The number of rotatable bonds is 5. The molecule has 0 aromatic heterocycles. The first-order chi connectivity index (χ1) is 8.12. The Hall–Kier alpha value is 0.148. The van der Waals surface area contributed by atoms with Gasteiger partial charge in [-0.3, -0.25) is 0 Å². The van der Waals surface area contributed by atoms with Gasteiger partial charge in [0.05, 0.1) is 16.3 Å². The SMILES string of the molecule is C[Si](C)(C)OC#CC([SiH3])(O[Si](C)(C)C)O[Si](C)(C)C. The third kappa shape index (κ3) is 11.7. The van der Waals surface area contributed by atoms with E-state index in [0.717, 1.165) is 10.2 Å². The third-order valence-electron chi connectivity index (χ3n) is 1.64. The van der Waals surface area contributed by atoms with Crippen LogP contribution in [0.2, 0.25) is 58.9 Å². The molecule has 7 heteroatoms. The van der Waals surface area contributed by atoms with Gasteiger partial charge in [-0.15, -0.1) is 0 Å². The highest BCUT2D eigenvalue weighted by atomic mass is 28.4. The summed E-state index contributed by atoms with van der Waals surface area (Å²) in [5, 5.41) is 0. The summed E-state index contributed by atoms with van der Waals surface area (Å²) in [4.78, 5) is 0. The van der Waals surface area contributed by atoms with Crippen LogP contribution in [0.15, 0.2) is 0 Å². The van der Waals surface area contributed by atoms with E-state index in [1.807, 2.05) is 0 Å². The lowest BCUT2D eigenvalue weighted by Crippen LogP contribution is -2.50. The lowest BCUT2D eigenvalue weighted by atomic mass is 10.6. The molecule has 0 rings (SSSR count). The van der Waals surface area contributed by atoms with Crippen LogP contribution in [0, 0.1) is 12.0 Å². The van der Waals surface area contributed by atoms with Gasteiger partial charge in [0.25, 0.3) is 8.32 Å². The summed E-state index contributed by atoms with van der Waals surface area (Å²) in [6.45, 7) is 19.3. The molecule has 0 saturated heterocycles. The van der Waals surface area contributed by atoms with E-state index in [1.54, 1.807) is 0 Å². The second kappa shape index (κ2) is 6.28. The second-order valence-corrected chi connectivity index (χ2v) is 22.4. The van der Waals surface area contributed by atoms with E-state index >= 15 is 0 Å². The van der Waals surface area contributed by atoms with E-state index in [0.29, 0.717) is 0 Å². The van der Waals surface area contributed by atoms with Crippen LogP contribution in [-0.2, 0) is 13.3 Å². The van der Waals surface area contributed by atoms with Crippen LogP contribution in [-0.4, -0.2) is 40.6 Å². The maximum absolute atomic E-state index is 6.19. The molecular weight excluding hydrogens is 304 g/mol. The fourth-order valence-electron chi connectivity index (χ4n) is 1.51. The highest BCUT2D eigenvalue weighted by molar-refractivity contribution is 6.71. The molecule has 0 heterocycles. The molecule has 0 unspecified atom stereocenters. The summed E-state index contributed by atoms with van der Waals surface area (Å²) in [7, 11) is -4.31. The summed E-state index contributed by atoms with van der Waals surface area (Å²) in [6, 6.07) is 0. The van der Waals surface area contributed by atoms with Crippen LogP contribution in [0.3, 0.4) is 0 Å². The van der Waals surface area contributed by atoms with Crippen LogP contribution >= 0.6 is 0 Å². The molecule has 0 saturated carbocycles. The normalized spacial score (nSPS) is 13.9. The zero-order chi connectivity index (χ0) is 15.5. The van der Waals surface area contributed by atoms with Crippen molar-refractivity contribution in [2.75, 3.05) is 0 Å². The number of hydrogen-bond donors (Lipinski definition) is 0. The molecule has 0 amide bonds. The summed E-state index contributed by atoms with van der Waals surface area (Å²) in [5.74, 6) is 3.11. The molecule has 0 N–H and O–H groups in total. The van der Waals surface area contributed by atoms with Gasteiger partial charge in [-0.1, -0.05) is 0 Å². The summed E-state index contributed by atoms with van der Waals surface area (Å²) in [6.07, 6.45) is 2.85. The smallest absolute Gasteiger partial charge is 0.255 e. The van der Waals surface area contributed by atoms with E-state index in [-0.39, 0.29) is 0 Å². The Kier molecular flexibility index (Phi) is 6.33. The molecule has 0 aromatic rings. The second-order valence-electron chi connectivity index (χ2n) is 7.82. The first-order valence-corrected chi connectivity index (χ1v) is 17.9. The van der Waals surface area contributed by atoms with Crippen molar-refractivity contribution in [3.05, 3.63) is 0 Å². The third-order valence-corrected chi connectivity index (χ3v) is 5.83. The fraction of sp³-hybridized carbons (Fsp3) is 0.833. The van der Waals surface area contributed by atoms with Crippen LogP contribution < -0.4 is 0 Å². The zero-order valence-corrected chi connectivity index (χ0v) is 19.2. The van der Waals surface area contributed by atoms with Gasteiger partial charge in [0.15, 0.2) is 22.0 Å². The van der Waals surface area contributed by atoms with E-state index in [1.165, 1.54) is 0 Å². The van der Waals surface area contributed by atoms with Crippen molar-refractivity contribution in [1.82, 2.24) is 0 Å². The number of hydrogen-bond acceptors (Lipinski definition) is 3. The predicted octanol–water partition coefficient (Wildman–Crippen LogP) is 2.52. The van der Waals surface area contributed by atoms with Gasteiger partial charge in [-0.25, -0.2) is 0 Å². The molecule has 0 spiro atoms. The lowest BCUT2D eigenvalue weighted by Gasteiger charge is -2.36. The van der Waals surface area contributed by atoms with Crippen molar-refractivity contribution < 1.29 is 13.3 Å². The van der Waals surface area contributed by atoms with E-state index in [2.05, 4.69) is 71.0 Å². The molecule has 0 bridgehead atoms. The first kappa shape index (κ1) is 19.1. The minimum absolute atomic E-state index is 0.714. The van der Waals surface area contributed by atoms with Gasteiger partial charge < -0.3 is 13.3 Å². The largest absolute Gasteiger partial charge is 0.501 e. The standard InChI is InChI=1S/C12H30O3Si4/c1-17(2,3)13-11-10-12(16,14-18(4,5)6)15-19(7,8)9/h1-9,16H3. The minimum Gasteiger partial charge on any atom is -0.501 e. The Balaban J connectivity index is 5.07. The molecule has 0 radical (unpaired) electrons. The van der Waals surface area contributed by atoms with Crippen molar-refractivity contribution in [2.24, 2.45) is 0 Å². The van der Waals surface area contributed by atoms with E-state index < -0.39 is 30.4 Å². The molecule has 3 nitrogen and oxygen atoms in total. The quantitative estimate of drug-likeness (QED) is 0.439. The Labute approximate surface area is 125 Å². The van der Waals surface area contributed by atoms with Gasteiger partial charge in [-0.2, -0.15) is 0 Å². The molecular formula is C12H30O3Si4. The van der Waals surface area contributed by atoms with Gasteiger partial charge in [0, 0.05) is 0 Å². The highest BCUT2D eigenvalue weighted by Gasteiger charge is 2.35. The molecule has 0 aliphatic carbocycles. The Bertz CT molecular complexity index is 336. The van der Waals surface area contributed by atoms with Crippen LogP contribution in [0.5, 0.6) is 0 Å². The van der Waals surface area contributed by atoms with Crippen molar-refractivity contribution in [3.8, 4) is 12.0 Å². The van der Waals surface area contributed by atoms with Crippen LogP contribution in [0.25, 0.3) is 0 Å². The monoisotopic (exact) mass is 334 g/mol. The molecule has 0 aliphatic rings. The molecule has 0 aromatic carbocycles. The van der Waals surface area contributed by atoms with Crippen molar-refractivity contribution in [3.63, 3.8) is 0 Å². The average Bonchev–Trinajstić information content (AvgIpc) is 1.90. The highest BCUT2D eigenvalue weighted by Crippen LogP contribution is 2.21.